The number of imidazole rings is 1. The third kappa shape index (κ3) is 3.04. The largest absolute Gasteiger partial charge is 0.342 e. The van der Waals surface area contributed by atoms with Gasteiger partial charge in [-0.3, -0.25) is 18.5 Å². The monoisotopic (exact) mass is 381 g/mol. The van der Waals surface area contributed by atoms with Gasteiger partial charge in [-0.15, -0.1) is 0 Å². The Morgan fingerprint density at radius 2 is 1.64 bits per heavy atom. The van der Waals surface area contributed by atoms with Gasteiger partial charge in [-0.1, -0.05) is 44.2 Å². The first-order valence-electron chi connectivity index (χ1n) is 9.82. The highest BCUT2D eigenvalue weighted by atomic mass is 16.2. The number of fused-ring (bicyclic) bond motifs is 1. The van der Waals surface area contributed by atoms with Crippen molar-refractivity contribution in [2.24, 2.45) is 25.9 Å². The van der Waals surface area contributed by atoms with Crippen LogP contribution in [0.15, 0.2) is 39.9 Å². The molecule has 0 radical (unpaired) electrons. The van der Waals surface area contributed by atoms with E-state index in [0.29, 0.717) is 29.5 Å². The van der Waals surface area contributed by atoms with E-state index >= 15 is 0 Å². The predicted octanol–water partition coefficient (Wildman–Crippen LogP) is 1.96. The summed E-state index contributed by atoms with van der Waals surface area (Å²) in [6, 6.07) is 10.1. The first-order chi connectivity index (χ1) is 13.4. The van der Waals surface area contributed by atoms with Crippen LogP contribution < -0.4 is 16.1 Å². The minimum absolute atomic E-state index is 0.300. The molecule has 1 aliphatic rings. The van der Waals surface area contributed by atoms with Crippen LogP contribution in [0.4, 0.5) is 5.95 Å². The van der Waals surface area contributed by atoms with Gasteiger partial charge in [-0.25, -0.2) is 4.79 Å². The zero-order chi connectivity index (χ0) is 20.0. The molecule has 7 nitrogen and oxygen atoms in total. The van der Waals surface area contributed by atoms with Crippen LogP contribution in [0.3, 0.4) is 0 Å². The fourth-order valence-electron chi connectivity index (χ4n) is 4.42. The van der Waals surface area contributed by atoms with E-state index in [1.54, 1.807) is 7.05 Å². The molecular weight excluding hydrogens is 354 g/mol. The lowest BCUT2D eigenvalue weighted by Crippen LogP contribution is -2.40. The van der Waals surface area contributed by atoms with Crippen molar-refractivity contribution in [1.82, 2.24) is 18.7 Å². The third-order valence-corrected chi connectivity index (χ3v) is 5.66. The molecule has 0 bridgehead atoms. The SMILES string of the molecule is CC1CC(C)CN(c2nc3c(c(=O)n(C)c(=O)n3C)n2Cc2ccccc2)C1. The Morgan fingerprint density at radius 3 is 2.29 bits per heavy atom. The molecule has 1 fully saturated rings. The third-order valence-electron chi connectivity index (χ3n) is 5.66. The second-order valence-corrected chi connectivity index (χ2v) is 8.21. The van der Waals surface area contributed by atoms with Crippen molar-refractivity contribution >= 4 is 17.1 Å². The maximum atomic E-state index is 13.0. The highest BCUT2D eigenvalue weighted by Gasteiger charge is 2.28. The Labute approximate surface area is 163 Å². The summed E-state index contributed by atoms with van der Waals surface area (Å²) in [5, 5.41) is 0. The van der Waals surface area contributed by atoms with Gasteiger partial charge in [-0.2, -0.15) is 4.98 Å². The van der Waals surface area contributed by atoms with Crippen molar-refractivity contribution in [2.75, 3.05) is 18.0 Å². The van der Waals surface area contributed by atoms with Crippen molar-refractivity contribution in [3.63, 3.8) is 0 Å². The number of rotatable bonds is 3. The molecule has 1 saturated heterocycles. The molecule has 0 saturated carbocycles. The van der Waals surface area contributed by atoms with Crippen LogP contribution in [0.1, 0.15) is 25.8 Å². The minimum atomic E-state index is -0.353. The molecule has 2 unspecified atom stereocenters. The maximum absolute atomic E-state index is 13.0. The van der Waals surface area contributed by atoms with Crippen LogP contribution in [-0.4, -0.2) is 31.8 Å². The van der Waals surface area contributed by atoms with Crippen molar-refractivity contribution < 1.29 is 0 Å². The first kappa shape index (κ1) is 18.5. The number of aromatic nitrogens is 4. The van der Waals surface area contributed by atoms with E-state index in [0.717, 1.165) is 29.2 Å². The number of anilines is 1. The summed E-state index contributed by atoms with van der Waals surface area (Å²) in [4.78, 5) is 32.5. The van der Waals surface area contributed by atoms with Crippen molar-refractivity contribution in [2.45, 2.75) is 26.8 Å². The van der Waals surface area contributed by atoms with Crippen molar-refractivity contribution in [3.05, 3.63) is 56.7 Å². The van der Waals surface area contributed by atoms with Gasteiger partial charge in [0.15, 0.2) is 11.2 Å². The molecule has 2 atom stereocenters. The highest BCUT2D eigenvalue weighted by molar-refractivity contribution is 5.74. The number of piperidine rings is 1. The molecule has 3 aromatic rings. The van der Waals surface area contributed by atoms with Gasteiger partial charge in [0.05, 0.1) is 6.54 Å². The van der Waals surface area contributed by atoms with Gasteiger partial charge in [0.25, 0.3) is 5.56 Å². The lowest BCUT2D eigenvalue weighted by Gasteiger charge is -2.35. The molecule has 7 heteroatoms. The quantitative estimate of drug-likeness (QED) is 0.696. The summed E-state index contributed by atoms with van der Waals surface area (Å²) in [6.07, 6.45) is 1.19. The topological polar surface area (TPSA) is 65.1 Å². The fourth-order valence-corrected chi connectivity index (χ4v) is 4.42. The summed E-state index contributed by atoms with van der Waals surface area (Å²) < 4.78 is 4.62. The fraction of sp³-hybridized carbons (Fsp3) is 0.476. The Balaban J connectivity index is 1.96. The van der Waals surface area contributed by atoms with Crippen LogP contribution in [0, 0.1) is 11.8 Å². The normalized spacial score (nSPS) is 20.1. The van der Waals surface area contributed by atoms with Crippen LogP contribution >= 0.6 is 0 Å². The zero-order valence-corrected chi connectivity index (χ0v) is 16.9. The lowest BCUT2D eigenvalue weighted by atomic mass is 9.92. The van der Waals surface area contributed by atoms with Gasteiger partial charge >= 0.3 is 5.69 Å². The van der Waals surface area contributed by atoms with E-state index in [4.69, 9.17) is 4.98 Å². The molecule has 28 heavy (non-hydrogen) atoms. The van der Waals surface area contributed by atoms with E-state index in [-0.39, 0.29) is 11.2 Å². The van der Waals surface area contributed by atoms with Crippen molar-refractivity contribution in [3.8, 4) is 0 Å². The molecule has 0 spiro atoms. The highest BCUT2D eigenvalue weighted by Crippen LogP contribution is 2.28. The maximum Gasteiger partial charge on any atom is 0.332 e. The number of hydrogen-bond donors (Lipinski definition) is 0. The minimum Gasteiger partial charge on any atom is -0.342 e. The van der Waals surface area contributed by atoms with E-state index in [1.165, 1.54) is 18.0 Å². The zero-order valence-electron chi connectivity index (χ0n) is 16.9. The first-order valence-corrected chi connectivity index (χ1v) is 9.82. The lowest BCUT2D eigenvalue weighted by molar-refractivity contribution is 0.352. The Kier molecular flexibility index (Phi) is 4.61. The van der Waals surface area contributed by atoms with Gasteiger partial charge in [-0.05, 0) is 23.8 Å². The summed E-state index contributed by atoms with van der Waals surface area (Å²) in [5.41, 5.74) is 1.37. The van der Waals surface area contributed by atoms with E-state index in [9.17, 15) is 9.59 Å². The number of benzene rings is 1. The van der Waals surface area contributed by atoms with Gasteiger partial charge < -0.3 is 4.90 Å². The van der Waals surface area contributed by atoms with Crippen molar-refractivity contribution in [1.29, 1.82) is 0 Å². The molecule has 148 valence electrons. The predicted molar refractivity (Wildman–Crippen MR) is 111 cm³/mol. The number of nitrogens with zero attached hydrogens (tertiary/aromatic N) is 5. The molecule has 4 rings (SSSR count). The van der Waals surface area contributed by atoms with Gasteiger partial charge in [0.2, 0.25) is 5.95 Å². The summed E-state index contributed by atoms with van der Waals surface area (Å²) >= 11 is 0. The second-order valence-electron chi connectivity index (χ2n) is 8.21. The van der Waals surface area contributed by atoms with E-state index in [1.807, 2.05) is 34.9 Å². The summed E-state index contributed by atoms with van der Waals surface area (Å²) in [7, 11) is 3.20. The average Bonchev–Trinajstić information content (AvgIpc) is 3.04. The number of hydrogen-bond acceptors (Lipinski definition) is 4. The standard InChI is InChI=1S/C21H27N5O2/c1-14-10-15(2)12-25(11-14)20-22-18-17(19(27)24(4)21(28)23(18)3)26(20)13-16-8-6-5-7-9-16/h5-9,14-15H,10-13H2,1-4H3. The Bertz CT molecular complexity index is 1120. The van der Waals surface area contributed by atoms with Crippen LogP contribution in [0.25, 0.3) is 11.2 Å². The van der Waals surface area contributed by atoms with Gasteiger partial charge in [0.1, 0.15) is 0 Å². The molecule has 0 aliphatic carbocycles. The molecule has 0 N–H and O–H groups in total. The average molecular weight is 381 g/mol. The smallest absolute Gasteiger partial charge is 0.332 e. The van der Waals surface area contributed by atoms with E-state index in [2.05, 4.69) is 18.7 Å². The second kappa shape index (κ2) is 6.96. The Hall–Kier alpha value is -2.83. The number of aryl methyl sites for hydroxylation is 1. The summed E-state index contributed by atoms with van der Waals surface area (Å²) in [6.45, 7) is 6.84. The Morgan fingerprint density at radius 1 is 1.00 bits per heavy atom. The molecule has 3 heterocycles. The van der Waals surface area contributed by atoms with Crippen LogP contribution in [0.5, 0.6) is 0 Å². The van der Waals surface area contributed by atoms with Crippen LogP contribution in [0.2, 0.25) is 0 Å². The van der Waals surface area contributed by atoms with Crippen LogP contribution in [-0.2, 0) is 20.6 Å². The van der Waals surface area contributed by atoms with Gasteiger partial charge in [0, 0.05) is 27.2 Å². The molecule has 1 aromatic carbocycles. The molecular formula is C21H27N5O2. The molecule has 0 amide bonds. The molecule has 1 aliphatic heterocycles. The molecule has 2 aromatic heterocycles. The van der Waals surface area contributed by atoms with E-state index < -0.39 is 0 Å². The summed E-state index contributed by atoms with van der Waals surface area (Å²) in [5.74, 6) is 1.89.